The van der Waals surface area contributed by atoms with Gasteiger partial charge in [-0.1, -0.05) is 69.2 Å². The summed E-state index contributed by atoms with van der Waals surface area (Å²) in [4.78, 5) is 13.3. The molecule has 2 aliphatic heterocycles. The van der Waals surface area contributed by atoms with Crippen molar-refractivity contribution in [2.75, 3.05) is 19.8 Å². The molecule has 3 rings (SSSR count). The molecule has 216 valence electrons. The Hall–Kier alpha value is -1.63. The highest BCUT2D eigenvalue weighted by molar-refractivity contribution is 5.90. The lowest BCUT2D eigenvalue weighted by molar-refractivity contribution is -0.352. The number of aromatic hydroxyl groups is 1. The third kappa shape index (κ3) is 5.93. The molecule has 6 heteroatoms. The van der Waals surface area contributed by atoms with Crippen LogP contribution in [-0.2, 0) is 25.0 Å². The highest BCUT2D eigenvalue weighted by atomic mass is 16.7. The smallest absolute Gasteiger partial charge is 0.338 e. The molecule has 1 aromatic carbocycles. The number of hydrogen-bond acceptors (Lipinski definition) is 6. The lowest BCUT2D eigenvalue weighted by Gasteiger charge is -2.60. The van der Waals surface area contributed by atoms with Crippen molar-refractivity contribution in [3.63, 3.8) is 0 Å². The maximum absolute atomic E-state index is 13.3. The summed E-state index contributed by atoms with van der Waals surface area (Å²) >= 11 is 0. The summed E-state index contributed by atoms with van der Waals surface area (Å²) in [6.07, 6.45) is 2.74. The second-order valence-corrected chi connectivity index (χ2v) is 14.9. The first kappa shape index (κ1) is 30.9. The average Bonchev–Trinajstić information content (AvgIpc) is 2.82. The van der Waals surface area contributed by atoms with Gasteiger partial charge in [-0.3, -0.25) is 0 Å². The van der Waals surface area contributed by atoms with Crippen LogP contribution in [0.2, 0.25) is 0 Å². The van der Waals surface area contributed by atoms with Gasteiger partial charge in [0.2, 0.25) is 0 Å². The maximum Gasteiger partial charge on any atom is 0.338 e. The standard InChI is InChI=1S/C32H53NO5/c1-13-30(11)17-32(21(3)31(12,14-2)33-30)37-19-29(10,20-38-32)18-36-26(35)22-15-23(27(4,5)6)25(34)24(16-22)28(7,8)9/h15-16,21,33-34H,13-14,17-20H2,1-12H3. The lowest BCUT2D eigenvalue weighted by atomic mass is 9.67. The van der Waals surface area contributed by atoms with E-state index in [2.05, 4.69) is 46.9 Å². The van der Waals surface area contributed by atoms with E-state index < -0.39 is 17.2 Å². The molecule has 1 aromatic rings. The van der Waals surface area contributed by atoms with Crippen LogP contribution in [0.5, 0.6) is 5.75 Å². The van der Waals surface area contributed by atoms with Crippen molar-refractivity contribution in [1.29, 1.82) is 0 Å². The van der Waals surface area contributed by atoms with E-state index in [4.69, 9.17) is 14.2 Å². The van der Waals surface area contributed by atoms with Gasteiger partial charge in [0.1, 0.15) is 12.4 Å². The van der Waals surface area contributed by atoms with Gasteiger partial charge >= 0.3 is 5.97 Å². The molecule has 38 heavy (non-hydrogen) atoms. The van der Waals surface area contributed by atoms with Crippen molar-refractivity contribution >= 4 is 5.97 Å². The number of carbonyl (C=O) groups is 1. The highest BCUT2D eigenvalue weighted by Crippen LogP contribution is 2.49. The zero-order valence-corrected chi connectivity index (χ0v) is 26.1. The van der Waals surface area contributed by atoms with Gasteiger partial charge in [0.15, 0.2) is 5.79 Å². The molecule has 2 fully saturated rings. The maximum atomic E-state index is 13.3. The van der Waals surface area contributed by atoms with E-state index >= 15 is 0 Å². The van der Waals surface area contributed by atoms with E-state index in [-0.39, 0.29) is 40.2 Å². The molecular weight excluding hydrogens is 478 g/mol. The fourth-order valence-corrected chi connectivity index (χ4v) is 5.96. The molecule has 0 aliphatic carbocycles. The SMILES string of the molecule is CCC1(C)CC2(OCC(C)(COC(=O)c3cc(C(C)(C)C)c(O)c(C(C)(C)C)c3)CO2)C(C)C(C)(CC)N1. The fourth-order valence-electron chi connectivity index (χ4n) is 5.96. The van der Waals surface area contributed by atoms with E-state index in [0.29, 0.717) is 18.8 Å². The minimum atomic E-state index is -0.662. The van der Waals surface area contributed by atoms with Crippen LogP contribution in [0.4, 0.5) is 0 Å². The van der Waals surface area contributed by atoms with Crippen LogP contribution in [0.25, 0.3) is 0 Å². The summed E-state index contributed by atoms with van der Waals surface area (Å²) in [7, 11) is 0. The van der Waals surface area contributed by atoms with Gasteiger partial charge in [-0.2, -0.15) is 0 Å². The van der Waals surface area contributed by atoms with Gasteiger partial charge in [-0.05, 0) is 49.7 Å². The van der Waals surface area contributed by atoms with E-state index in [0.717, 1.165) is 30.4 Å². The summed E-state index contributed by atoms with van der Waals surface area (Å²) in [5.74, 6) is -0.642. The normalized spacial score (nSPS) is 34.4. The summed E-state index contributed by atoms with van der Waals surface area (Å²) < 4.78 is 19.1. The monoisotopic (exact) mass is 531 g/mol. The van der Waals surface area contributed by atoms with Crippen molar-refractivity contribution in [1.82, 2.24) is 5.32 Å². The Bertz CT molecular complexity index is 992. The first-order chi connectivity index (χ1) is 17.2. The Labute approximate surface area is 231 Å². The minimum Gasteiger partial charge on any atom is -0.507 e. The average molecular weight is 532 g/mol. The van der Waals surface area contributed by atoms with Gasteiger partial charge in [0, 0.05) is 40.0 Å². The van der Waals surface area contributed by atoms with E-state index in [9.17, 15) is 9.90 Å². The summed E-state index contributed by atoms with van der Waals surface area (Å²) in [5, 5.41) is 14.9. The van der Waals surface area contributed by atoms with Crippen LogP contribution >= 0.6 is 0 Å². The highest BCUT2D eigenvalue weighted by Gasteiger charge is 2.59. The van der Waals surface area contributed by atoms with Crippen LogP contribution in [0, 0.1) is 11.3 Å². The Kier molecular flexibility index (Phi) is 8.20. The Morgan fingerprint density at radius 1 is 1.00 bits per heavy atom. The second-order valence-electron chi connectivity index (χ2n) is 14.9. The van der Waals surface area contributed by atoms with Crippen molar-refractivity contribution in [2.45, 2.75) is 130 Å². The molecule has 0 saturated carbocycles. The summed E-state index contributed by atoms with van der Waals surface area (Å²) in [6, 6.07) is 3.54. The van der Waals surface area contributed by atoms with E-state index in [1.165, 1.54) is 0 Å². The number of phenols is 1. The number of phenolic OH excluding ortho intramolecular Hbond substituents is 1. The summed E-state index contributed by atoms with van der Waals surface area (Å²) in [5.41, 5.74) is 0.671. The molecule has 3 unspecified atom stereocenters. The number of benzene rings is 1. The molecule has 0 bridgehead atoms. The predicted molar refractivity (Wildman–Crippen MR) is 153 cm³/mol. The number of hydrogen-bond donors (Lipinski definition) is 2. The minimum absolute atomic E-state index is 0.0775. The quantitative estimate of drug-likeness (QED) is 0.404. The Balaban J connectivity index is 1.78. The number of piperidine rings is 1. The molecule has 2 N–H and O–H groups in total. The third-order valence-corrected chi connectivity index (χ3v) is 9.20. The summed E-state index contributed by atoms with van der Waals surface area (Å²) in [6.45, 7) is 26.5. The Morgan fingerprint density at radius 3 is 1.92 bits per heavy atom. The van der Waals surface area contributed by atoms with Crippen LogP contribution in [0.1, 0.15) is 124 Å². The molecule has 0 aromatic heterocycles. The van der Waals surface area contributed by atoms with E-state index in [1.807, 2.05) is 41.5 Å². The zero-order chi connectivity index (χ0) is 28.9. The number of ether oxygens (including phenoxy) is 3. The number of carbonyl (C=O) groups excluding carboxylic acids is 1. The van der Waals surface area contributed by atoms with Crippen molar-refractivity contribution < 1.29 is 24.1 Å². The number of nitrogens with one attached hydrogen (secondary N) is 1. The fraction of sp³-hybridized carbons (Fsp3) is 0.781. The van der Waals surface area contributed by atoms with Gasteiger partial charge in [-0.15, -0.1) is 0 Å². The molecule has 3 atom stereocenters. The third-order valence-electron chi connectivity index (χ3n) is 9.20. The topological polar surface area (TPSA) is 77.0 Å². The largest absolute Gasteiger partial charge is 0.507 e. The first-order valence-electron chi connectivity index (χ1n) is 14.4. The molecular formula is C32H53NO5. The van der Waals surface area contributed by atoms with Gasteiger partial charge < -0.3 is 24.6 Å². The number of esters is 1. The predicted octanol–water partition coefficient (Wildman–Crippen LogP) is 6.86. The Morgan fingerprint density at radius 2 is 1.50 bits per heavy atom. The second kappa shape index (κ2) is 10.1. The van der Waals surface area contributed by atoms with Gasteiger partial charge in [0.25, 0.3) is 0 Å². The molecule has 0 amide bonds. The van der Waals surface area contributed by atoms with Crippen LogP contribution < -0.4 is 5.32 Å². The molecule has 2 saturated heterocycles. The first-order valence-corrected chi connectivity index (χ1v) is 14.4. The zero-order valence-electron chi connectivity index (χ0n) is 26.1. The molecule has 6 nitrogen and oxygen atoms in total. The van der Waals surface area contributed by atoms with Crippen LogP contribution in [-0.4, -0.2) is 47.8 Å². The number of rotatable bonds is 5. The molecule has 0 radical (unpaired) electrons. The molecule has 1 spiro atoms. The van der Waals surface area contributed by atoms with Crippen LogP contribution in [0.15, 0.2) is 12.1 Å². The lowest BCUT2D eigenvalue weighted by Crippen LogP contribution is -2.73. The van der Waals surface area contributed by atoms with Crippen molar-refractivity contribution in [3.05, 3.63) is 28.8 Å². The molecule has 2 aliphatic rings. The van der Waals surface area contributed by atoms with Gasteiger partial charge in [-0.25, -0.2) is 4.79 Å². The van der Waals surface area contributed by atoms with Crippen LogP contribution in [0.3, 0.4) is 0 Å². The molecule has 2 heterocycles. The van der Waals surface area contributed by atoms with Gasteiger partial charge in [0.05, 0.1) is 18.8 Å². The van der Waals surface area contributed by atoms with Crippen molar-refractivity contribution in [3.8, 4) is 5.75 Å². The van der Waals surface area contributed by atoms with Crippen molar-refractivity contribution in [2.24, 2.45) is 11.3 Å². The van der Waals surface area contributed by atoms with E-state index in [1.54, 1.807) is 12.1 Å².